The van der Waals surface area contributed by atoms with Crippen molar-refractivity contribution in [3.05, 3.63) is 162 Å². The topological polar surface area (TPSA) is 3.24 Å². The molecule has 0 radical (unpaired) electrons. The highest BCUT2D eigenvalue weighted by Gasteiger charge is 2.35. The highest BCUT2D eigenvalue weighted by Crippen LogP contribution is 2.50. The second-order valence-corrected chi connectivity index (χ2v) is 12.2. The van der Waals surface area contributed by atoms with Crippen LogP contribution in [0.1, 0.15) is 43.0 Å². The van der Waals surface area contributed by atoms with Gasteiger partial charge in [-0.2, -0.15) is 0 Å². The Balaban J connectivity index is 1.29. The second kappa shape index (κ2) is 10.7. The average molecular weight is 556 g/mol. The molecule has 0 atom stereocenters. The number of fused-ring (bicyclic) bond motifs is 3. The Labute approximate surface area is 256 Å². The van der Waals surface area contributed by atoms with Crippen molar-refractivity contribution in [3.8, 4) is 33.4 Å². The van der Waals surface area contributed by atoms with Crippen molar-refractivity contribution in [3.63, 3.8) is 0 Å². The van der Waals surface area contributed by atoms with E-state index in [1.165, 1.54) is 61.3 Å². The first-order chi connectivity index (χ1) is 21.0. The summed E-state index contributed by atoms with van der Waals surface area (Å²) in [5.41, 5.74) is 16.7. The smallest absolute Gasteiger partial charge is 0.0465 e. The van der Waals surface area contributed by atoms with Gasteiger partial charge in [-0.1, -0.05) is 118 Å². The zero-order valence-corrected chi connectivity index (χ0v) is 25.4. The van der Waals surface area contributed by atoms with E-state index in [0.717, 1.165) is 17.8 Å². The normalized spacial score (nSPS) is 12.9. The number of aryl methyl sites for hydroxylation is 2. The number of hydrogen-bond donors (Lipinski definition) is 0. The lowest BCUT2D eigenvalue weighted by Crippen LogP contribution is -2.16. The van der Waals surface area contributed by atoms with Crippen LogP contribution in [0, 0.1) is 6.92 Å². The molecule has 6 aromatic rings. The molecule has 210 valence electrons. The van der Waals surface area contributed by atoms with E-state index >= 15 is 0 Å². The van der Waals surface area contributed by atoms with Gasteiger partial charge < -0.3 is 4.90 Å². The van der Waals surface area contributed by atoms with Crippen LogP contribution >= 0.6 is 0 Å². The maximum absolute atomic E-state index is 2.40. The number of rotatable bonds is 6. The van der Waals surface area contributed by atoms with Crippen LogP contribution in [0.15, 0.2) is 140 Å². The van der Waals surface area contributed by atoms with Crippen LogP contribution in [0.4, 0.5) is 17.1 Å². The molecule has 1 heteroatoms. The molecular formula is C42H37N. The Hall–Kier alpha value is -4.88. The molecule has 0 amide bonds. The van der Waals surface area contributed by atoms with Crippen molar-refractivity contribution < 1.29 is 0 Å². The van der Waals surface area contributed by atoms with Crippen LogP contribution in [0.5, 0.6) is 0 Å². The van der Waals surface area contributed by atoms with E-state index in [9.17, 15) is 0 Å². The molecule has 6 aromatic carbocycles. The monoisotopic (exact) mass is 555 g/mol. The lowest BCUT2D eigenvalue weighted by atomic mass is 9.82. The minimum absolute atomic E-state index is 0.0479. The van der Waals surface area contributed by atoms with Crippen molar-refractivity contribution in [2.45, 2.75) is 39.5 Å². The molecule has 0 aromatic heterocycles. The fourth-order valence-corrected chi connectivity index (χ4v) is 6.84. The van der Waals surface area contributed by atoms with Crippen LogP contribution in [0.2, 0.25) is 0 Å². The predicted octanol–water partition coefficient (Wildman–Crippen LogP) is 11.7. The number of para-hydroxylation sites is 1. The highest BCUT2D eigenvalue weighted by molar-refractivity contribution is 5.86. The Morgan fingerprint density at radius 2 is 1.09 bits per heavy atom. The maximum atomic E-state index is 2.40. The third-order valence-electron chi connectivity index (χ3n) is 9.22. The van der Waals surface area contributed by atoms with Crippen LogP contribution < -0.4 is 4.90 Å². The summed E-state index contributed by atoms with van der Waals surface area (Å²) in [6, 6.07) is 51.2. The molecule has 1 nitrogen and oxygen atoms in total. The van der Waals surface area contributed by atoms with Gasteiger partial charge in [0, 0.05) is 22.5 Å². The van der Waals surface area contributed by atoms with Gasteiger partial charge in [-0.3, -0.25) is 0 Å². The van der Waals surface area contributed by atoms with Gasteiger partial charge in [0.05, 0.1) is 0 Å². The molecule has 43 heavy (non-hydrogen) atoms. The molecule has 0 fully saturated rings. The van der Waals surface area contributed by atoms with E-state index in [2.05, 4.69) is 172 Å². The molecule has 7 rings (SSSR count). The Bertz CT molecular complexity index is 1930. The number of nitrogens with zero attached hydrogens (tertiary/aromatic N) is 1. The molecule has 0 saturated heterocycles. The fraction of sp³-hybridized carbons (Fsp3) is 0.143. The molecular weight excluding hydrogens is 518 g/mol. The van der Waals surface area contributed by atoms with Crippen LogP contribution in [0.25, 0.3) is 33.4 Å². The molecule has 0 unspecified atom stereocenters. The summed E-state index contributed by atoms with van der Waals surface area (Å²) in [7, 11) is 0. The van der Waals surface area contributed by atoms with Gasteiger partial charge in [-0.15, -0.1) is 0 Å². The van der Waals surface area contributed by atoms with Gasteiger partial charge in [-0.25, -0.2) is 0 Å². The molecule has 1 aliphatic rings. The fourth-order valence-electron chi connectivity index (χ4n) is 6.84. The molecule has 0 heterocycles. The number of benzene rings is 6. The minimum atomic E-state index is -0.0479. The van der Waals surface area contributed by atoms with Crippen molar-refractivity contribution in [1.82, 2.24) is 0 Å². The minimum Gasteiger partial charge on any atom is -0.310 e. The molecule has 0 saturated carbocycles. The van der Waals surface area contributed by atoms with Gasteiger partial charge >= 0.3 is 0 Å². The third kappa shape index (κ3) is 4.66. The number of anilines is 3. The Morgan fingerprint density at radius 3 is 1.86 bits per heavy atom. The average Bonchev–Trinajstić information content (AvgIpc) is 3.28. The summed E-state index contributed by atoms with van der Waals surface area (Å²) in [5, 5.41) is 0. The quantitative estimate of drug-likeness (QED) is 0.198. The third-order valence-corrected chi connectivity index (χ3v) is 9.22. The molecule has 0 spiro atoms. The summed E-state index contributed by atoms with van der Waals surface area (Å²) in [6.07, 6.45) is 1.02. The first-order valence-electron chi connectivity index (χ1n) is 15.3. The predicted molar refractivity (Wildman–Crippen MR) is 184 cm³/mol. The zero-order chi connectivity index (χ0) is 29.6. The lowest BCUT2D eigenvalue weighted by Gasteiger charge is -2.28. The largest absolute Gasteiger partial charge is 0.310 e. The second-order valence-electron chi connectivity index (χ2n) is 12.2. The van der Waals surface area contributed by atoms with Crippen LogP contribution in [-0.2, 0) is 11.8 Å². The first kappa shape index (κ1) is 27.0. The lowest BCUT2D eigenvalue weighted by molar-refractivity contribution is 0.660. The summed E-state index contributed by atoms with van der Waals surface area (Å²) in [6.45, 7) is 9.13. The van der Waals surface area contributed by atoms with Crippen LogP contribution in [-0.4, -0.2) is 0 Å². The van der Waals surface area contributed by atoms with Crippen molar-refractivity contribution in [2.75, 3.05) is 4.90 Å². The summed E-state index contributed by atoms with van der Waals surface area (Å²) in [4.78, 5) is 2.38. The van der Waals surface area contributed by atoms with Crippen molar-refractivity contribution >= 4 is 17.1 Å². The van der Waals surface area contributed by atoms with E-state index in [1.807, 2.05) is 0 Å². The van der Waals surface area contributed by atoms with Gasteiger partial charge in [0.25, 0.3) is 0 Å². The van der Waals surface area contributed by atoms with Crippen LogP contribution in [0.3, 0.4) is 0 Å². The maximum Gasteiger partial charge on any atom is 0.0465 e. The highest BCUT2D eigenvalue weighted by atomic mass is 15.1. The van der Waals surface area contributed by atoms with Crippen molar-refractivity contribution in [2.24, 2.45) is 0 Å². The standard InChI is InChI=1S/C42H37N/c1-5-30-13-9-10-16-36(30)39-27-32(20-19-29(39)2)31-21-23-34(24-22-31)43(33-14-7-6-8-15-33)35-25-26-38-37-17-11-12-18-40(37)42(3,4)41(38)28-35/h6-28H,5H2,1-4H3. The first-order valence-corrected chi connectivity index (χ1v) is 15.3. The van der Waals surface area contributed by atoms with E-state index in [-0.39, 0.29) is 5.41 Å². The summed E-state index contributed by atoms with van der Waals surface area (Å²) in [5.74, 6) is 0. The van der Waals surface area contributed by atoms with E-state index in [4.69, 9.17) is 0 Å². The van der Waals surface area contributed by atoms with Crippen molar-refractivity contribution in [1.29, 1.82) is 0 Å². The van der Waals surface area contributed by atoms with E-state index in [1.54, 1.807) is 0 Å². The van der Waals surface area contributed by atoms with Gasteiger partial charge in [0.1, 0.15) is 0 Å². The van der Waals surface area contributed by atoms with E-state index in [0.29, 0.717) is 0 Å². The molecule has 0 N–H and O–H groups in total. The molecule has 0 bridgehead atoms. The van der Waals surface area contributed by atoms with Gasteiger partial charge in [0.2, 0.25) is 0 Å². The van der Waals surface area contributed by atoms with E-state index < -0.39 is 0 Å². The SMILES string of the molecule is CCc1ccccc1-c1cc(-c2ccc(N(c3ccccc3)c3ccc4c(c3)C(C)(C)c3ccccc3-4)cc2)ccc1C. The van der Waals surface area contributed by atoms with Gasteiger partial charge in [-0.05, 0) is 111 Å². The molecule has 0 aliphatic heterocycles. The Morgan fingerprint density at radius 1 is 0.488 bits per heavy atom. The number of hydrogen-bond acceptors (Lipinski definition) is 1. The zero-order valence-electron chi connectivity index (χ0n) is 25.4. The molecule has 1 aliphatic carbocycles. The van der Waals surface area contributed by atoms with Gasteiger partial charge in [0.15, 0.2) is 0 Å². The Kier molecular flexibility index (Phi) is 6.75. The summed E-state index contributed by atoms with van der Waals surface area (Å²) >= 11 is 0. The summed E-state index contributed by atoms with van der Waals surface area (Å²) < 4.78 is 0.